The molecule has 0 aliphatic rings. The summed E-state index contributed by atoms with van der Waals surface area (Å²) in [7, 11) is 0. The van der Waals surface area contributed by atoms with Crippen LogP contribution in [0.4, 0.5) is 0 Å². The van der Waals surface area contributed by atoms with E-state index in [9.17, 15) is 0 Å². The summed E-state index contributed by atoms with van der Waals surface area (Å²) in [6.07, 6.45) is 1.07. The van der Waals surface area contributed by atoms with Crippen LogP contribution in [-0.2, 0) is 10.8 Å². The quantitative estimate of drug-likeness (QED) is 0.788. The molecule has 0 fully saturated rings. The molecule has 0 amide bonds. The second kappa shape index (κ2) is 3.37. The molecule has 0 aromatic carbocycles. The molecule has 1 N–H and O–H groups in total. The van der Waals surface area contributed by atoms with Gasteiger partial charge in [-0.05, 0) is 6.42 Å². The van der Waals surface area contributed by atoms with Crippen LogP contribution in [0.2, 0.25) is 0 Å². The van der Waals surface area contributed by atoms with Crippen molar-refractivity contribution in [2.45, 2.75) is 58.8 Å². The lowest BCUT2D eigenvalue weighted by molar-refractivity contribution is 0.464. The molecule has 0 atom stereocenters. The zero-order valence-corrected chi connectivity index (χ0v) is 10.1. The van der Waals surface area contributed by atoms with Gasteiger partial charge in [-0.3, -0.25) is 0 Å². The van der Waals surface area contributed by atoms with E-state index in [0.29, 0.717) is 0 Å². The van der Waals surface area contributed by atoms with Gasteiger partial charge < -0.3 is 0 Å². The third-order valence-corrected chi connectivity index (χ3v) is 2.78. The van der Waals surface area contributed by atoms with Gasteiger partial charge in [-0.25, -0.2) is 0 Å². The zero-order chi connectivity index (χ0) is 11.0. The molecule has 0 bridgehead atoms. The molecule has 1 rings (SSSR count). The van der Waals surface area contributed by atoms with E-state index in [1.165, 1.54) is 0 Å². The predicted molar refractivity (Wildman–Crippen MR) is 58.4 cm³/mol. The van der Waals surface area contributed by atoms with Crippen LogP contribution in [0.1, 0.15) is 59.4 Å². The summed E-state index contributed by atoms with van der Waals surface area (Å²) in [5, 5.41) is 11.3. The van der Waals surface area contributed by atoms with Crippen LogP contribution in [-0.4, -0.2) is 15.4 Å². The van der Waals surface area contributed by atoms with Gasteiger partial charge in [0.2, 0.25) is 0 Å². The molecule has 0 saturated heterocycles. The average Bonchev–Trinajstić information content (AvgIpc) is 2.51. The van der Waals surface area contributed by atoms with Crippen molar-refractivity contribution in [3.05, 3.63) is 11.4 Å². The molecule has 0 unspecified atom stereocenters. The van der Waals surface area contributed by atoms with E-state index in [-0.39, 0.29) is 10.8 Å². The summed E-state index contributed by atoms with van der Waals surface area (Å²) in [5.41, 5.74) is 2.36. The van der Waals surface area contributed by atoms with Crippen LogP contribution in [0.25, 0.3) is 0 Å². The minimum atomic E-state index is 0.0643. The van der Waals surface area contributed by atoms with Gasteiger partial charge in [0.15, 0.2) is 0 Å². The Labute approximate surface area is 86.3 Å². The van der Waals surface area contributed by atoms with Crippen molar-refractivity contribution >= 4 is 0 Å². The molecule has 3 heteroatoms. The Morgan fingerprint density at radius 1 is 1.00 bits per heavy atom. The molecule has 14 heavy (non-hydrogen) atoms. The van der Waals surface area contributed by atoms with Gasteiger partial charge in [0.05, 0.1) is 11.4 Å². The largest absolute Gasteiger partial charge is 0.197 e. The molecule has 0 spiro atoms. The summed E-state index contributed by atoms with van der Waals surface area (Å²) in [6.45, 7) is 13.1. The second-order valence-corrected chi connectivity index (χ2v) is 5.51. The highest BCUT2D eigenvalue weighted by atomic mass is 15.3. The molecule has 3 nitrogen and oxygen atoms in total. The summed E-state index contributed by atoms with van der Waals surface area (Å²) in [6, 6.07) is 0. The van der Waals surface area contributed by atoms with Gasteiger partial charge in [-0.2, -0.15) is 15.4 Å². The molecule has 1 heterocycles. The van der Waals surface area contributed by atoms with E-state index in [2.05, 4.69) is 57.0 Å². The van der Waals surface area contributed by atoms with Crippen LogP contribution in [0.15, 0.2) is 0 Å². The standard InChI is InChI=1S/C11H21N3/c1-7-11(5,6)9-8(10(2,3)4)12-14-13-9/h7H2,1-6H3,(H,12,13,14). The van der Waals surface area contributed by atoms with E-state index in [4.69, 9.17) is 0 Å². The smallest absolute Gasteiger partial charge is 0.0918 e. The van der Waals surface area contributed by atoms with Gasteiger partial charge >= 0.3 is 0 Å². The van der Waals surface area contributed by atoms with Crippen LogP contribution in [0.5, 0.6) is 0 Å². The van der Waals surface area contributed by atoms with Gasteiger partial charge in [-0.15, -0.1) is 0 Å². The van der Waals surface area contributed by atoms with Crippen LogP contribution in [0, 0.1) is 0 Å². The number of aromatic nitrogens is 3. The zero-order valence-electron chi connectivity index (χ0n) is 10.1. The Bertz CT molecular complexity index is 305. The normalized spacial score (nSPS) is 13.3. The monoisotopic (exact) mass is 195 g/mol. The molecule has 0 aliphatic carbocycles. The number of hydrogen-bond donors (Lipinski definition) is 1. The summed E-state index contributed by atoms with van der Waals surface area (Å²) in [4.78, 5) is 0. The van der Waals surface area contributed by atoms with Crippen molar-refractivity contribution in [1.82, 2.24) is 15.4 Å². The Morgan fingerprint density at radius 2 is 1.50 bits per heavy atom. The first kappa shape index (κ1) is 11.2. The number of aromatic amines is 1. The number of hydrogen-bond acceptors (Lipinski definition) is 2. The van der Waals surface area contributed by atoms with Crippen LogP contribution >= 0.6 is 0 Å². The van der Waals surface area contributed by atoms with E-state index in [1.807, 2.05) is 0 Å². The fourth-order valence-electron chi connectivity index (χ4n) is 1.39. The Balaban J connectivity index is 3.18. The first-order valence-electron chi connectivity index (χ1n) is 5.21. The van der Waals surface area contributed by atoms with Crippen molar-refractivity contribution in [3.63, 3.8) is 0 Å². The summed E-state index contributed by atoms with van der Waals surface area (Å²) in [5.74, 6) is 0. The number of nitrogens with one attached hydrogen (secondary N) is 1. The van der Waals surface area contributed by atoms with Gasteiger partial charge in [0, 0.05) is 10.8 Å². The molecule has 1 aromatic rings. The molecule has 1 aromatic heterocycles. The minimum absolute atomic E-state index is 0.0643. The lowest BCUT2D eigenvalue weighted by Crippen LogP contribution is -2.23. The van der Waals surface area contributed by atoms with Gasteiger partial charge in [0.25, 0.3) is 0 Å². The maximum atomic E-state index is 4.29. The average molecular weight is 195 g/mol. The van der Waals surface area contributed by atoms with Crippen molar-refractivity contribution in [1.29, 1.82) is 0 Å². The maximum Gasteiger partial charge on any atom is 0.0918 e. The van der Waals surface area contributed by atoms with Crippen molar-refractivity contribution < 1.29 is 0 Å². The molecule has 0 aliphatic heterocycles. The third kappa shape index (κ3) is 1.97. The fourth-order valence-corrected chi connectivity index (χ4v) is 1.39. The third-order valence-electron chi connectivity index (χ3n) is 2.78. The molecular formula is C11H21N3. The highest BCUT2D eigenvalue weighted by Crippen LogP contribution is 2.32. The Hall–Kier alpha value is -0.860. The summed E-state index contributed by atoms with van der Waals surface area (Å²) >= 11 is 0. The Kier molecular flexibility index (Phi) is 2.70. The molecule has 0 radical (unpaired) electrons. The van der Waals surface area contributed by atoms with E-state index in [0.717, 1.165) is 17.8 Å². The van der Waals surface area contributed by atoms with Crippen LogP contribution in [0.3, 0.4) is 0 Å². The first-order valence-corrected chi connectivity index (χ1v) is 5.21. The van der Waals surface area contributed by atoms with Crippen LogP contribution < -0.4 is 0 Å². The van der Waals surface area contributed by atoms with Crippen molar-refractivity contribution in [3.8, 4) is 0 Å². The highest BCUT2D eigenvalue weighted by Gasteiger charge is 2.30. The number of nitrogens with zero attached hydrogens (tertiary/aromatic N) is 2. The minimum Gasteiger partial charge on any atom is -0.197 e. The van der Waals surface area contributed by atoms with Crippen molar-refractivity contribution in [2.75, 3.05) is 0 Å². The van der Waals surface area contributed by atoms with E-state index < -0.39 is 0 Å². The number of H-pyrrole nitrogens is 1. The second-order valence-electron chi connectivity index (χ2n) is 5.51. The van der Waals surface area contributed by atoms with E-state index >= 15 is 0 Å². The van der Waals surface area contributed by atoms with Crippen molar-refractivity contribution in [2.24, 2.45) is 0 Å². The molecule has 80 valence electrons. The number of rotatable bonds is 2. The van der Waals surface area contributed by atoms with Gasteiger partial charge in [0.1, 0.15) is 0 Å². The van der Waals surface area contributed by atoms with Gasteiger partial charge in [-0.1, -0.05) is 41.5 Å². The summed E-state index contributed by atoms with van der Waals surface area (Å²) < 4.78 is 0. The lowest BCUT2D eigenvalue weighted by Gasteiger charge is -2.25. The molecular weight excluding hydrogens is 174 g/mol. The lowest BCUT2D eigenvalue weighted by atomic mass is 9.79. The van der Waals surface area contributed by atoms with E-state index in [1.54, 1.807) is 0 Å². The molecule has 0 saturated carbocycles. The SMILES string of the molecule is CCC(C)(C)c1n[nH]nc1C(C)(C)C. The predicted octanol–water partition coefficient (Wildman–Crippen LogP) is 2.79. The maximum absolute atomic E-state index is 4.29. The Morgan fingerprint density at radius 3 is 1.93 bits per heavy atom. The topological polar surface area (TPSA) is 41.6 Å². The first-order chi connectivity index (χ1) is 6.29. The highest BCUT2D eigenvalue weighted by molar-refractivity contribution is 5.24. The fraction of sp³-hybridized carbons (Fsp3) is 0.818.